The van der Waals surface area contributed by atoms with Gasteiger partial charge in [0.15, 0.2) is 0 Å². The molecule has 1 N–H and O–H groups in total. The van der Waals surface area contributed by atoms with Gasteiger partial charge < -0.3 is 0 Å². The Hall–Kier alpha value is 0.590. The van der Waals surface area contributed by atoms with Gasteiger partial charge in [-0.25, -0.2) is 21.6 Å². The summed E-state index contributed by atoms with van der Waals surface area (Å²) in [5, 5.41) is 0. The molecule has 0 heterocycles. The van der Waals surface area contributed by atoms with E-state index in [9.17, 15) is 16.8 Å². The largest absolute Gasteiger partial charge is 0.229 e. The number of alkyl halides is 1. The highest BCUT2D eigenvalue weighted by Gasteiger charge is 2.13. The maximum atomic E-state index is 11.3. The number of halogens is 1. The summed E-state index contributed by atoms with van der Waals surface area (Å²) in [4.78, 5) is 0. The Balaban J connectivity index is 3.80. The van der Waals surface area contributed by atoms with Crippen molar-refractivity contribution in [1.82, 2.24) is 4.72 Å². The number of rotatable bonds is 9. The molecule has 0 radical (unpaired) electrons. The van der Waals surface area contributed by atoms with Crippen molar-refractivity contribution < 1.29 is 16.8 Å². The first-order chi connectivity index (χ1) is 7.27. The number of hydrogen-bond donors (Lipinski definition) is 1. The number of sulfone groups is 1. The summed E-state index contributed by atoms with van der Waals surface area (Å²) >= 11 is 2.27. The SMILES string of the molecule is CS(=O)(=O)CCS(=O)(=O)NCCCCCI. The van der Waals surface area contributed by atoms with Crippen LogP contribution in [0.15, 0.2) is 0 Å². The minimum Gasteiger partial charge on any atom is -0.229 e. The Bertz CT molecular complexity index is 377. The van der Waals surface area contributed by atoms with E-state index in [1.54, 1.807) is 0 Å². The van der Waals surface area contributed by atoms with Gasteiger partial charge >= 0.3 is 0 Å². The molecule has 0 aromatic rings. The molecule has 0 aromatic heterocycles. The van der Waals surface area contributed by atoms with E-state index in [-0.39, 0.29) is 11.5 Å². The lowest BCUT2D eigenvalue weighted by Crippen LogP contribution is -2.30. The predicted octanol–water partition coefficient (Wildman–Crippen LogP) is 0.556. The van der Waals surface area contributed by atoms with E-state index >= 15 is 0 Å². The first kappa shape index (κ1) is 16.6. The average Bonchev–Trinajstić information content (AvgIpc) is 2.14. The van der Waals surface area contributed by atoms with Gasteiger partial charge in [0.25, 0.3) is 0 Å². The Morgan fingerprint density at radius 3 is 2.12 bits per heavy atom. The lowest BCUT2D eigenvalue weighted by molar-refractivity contribution is 0.574. The van der Waals surface area contributed by atoms with Crippen LogP contribution in [0.5, 0.6) is 0 Å². The monoisotopic (exact) mass is 383 g/mol. The summed E-state index contributed by atoms with van der Waals surface area (Å²) in [5.41, 5.74) is 0. The standard InChI is InChI=1S/C8H18INO4S2/c1-15(11,12)7-8-16(13,14)10-6-4-2-3-5-9/h10H,2-8H2,1H3. The van der Waals surface area contributed by atoms with Gasteiger partial charge in [-0.2, -0.15) is 0 Å². The smallest absolute Gasteiger partial charge is 0.212 e. The van der Waals surface area contributed by atoms with Gasteiger partial charge in [-0.05, 0) is 17.3 Å². The molecule has 0 saturated heterocycles. The first-order valence-electron chi connectivity index (χ1n) is 4.98. The van der Waals surface area contributed by atoms with Crippen LogP contribution in [0.4, 0.5) is 0 Å². The Labute approximate surface area is 111 Å². The molecule has 16 heavy (non-hydrogen) atoms. The minimum atomic E-state index is -3.43. The molecule has 0 unspecified atom stereocenters. The molecule has 0 rings (SSSR count). The molecule has 0 bridgehead atoms. The zero-order valence-electron chi connectivity index (χ0n) is 9.28. The summed E-state index contributed by atoms with van der Waals surface area (Å²) in [7, 11) is -6.65. The fourth-order valence-electron chi connectivity index (χ4n) is 0.957. The van der Waals surface area contributed by atoms with Crippen molar-refractivity contribution in [2.75, 3.05) is 28.7 Å². The molecule has 0 amide bonds. The Kier molecular flexibility index (Phi) is 8.12. The van der Waals surface area contributed by atoms with Crippen molar-refractivity contribution in [2.24, 2.45) is 0 Å². The zero-order chi connectivity index (χ0) is 12.7. The van der Waals surface area contributed by atoms with Gasteiger partial charge in [-0.15, -0.1) is 0 Å². The van der Waals surface area contributed by atoms with Gasteiger partial charge in [0.1, 0.15) is 9.84 Å². The molecular weight excluding hydrogens is 365 g/mol. The third-order valence-corrected chi connectivity index (χ3v) is 5.21. The number of hydrogen-bond acceptors (Lipinski definition) is 4. The molecule has 0 atom stereocenters. The first-order valence-corrected chi connectivity index (χ1v) is 10.2. The van der Waals surface area contributed by atoms with Crippen molar-refractivity contribution in [3.05, 3.63) is 0 Å². The van der Waals surface area contributed by atoms with Gasteiger partial charge in [0.05, 0.1) is 11.5 Å². The van der Waals surface area contributed by atoms with Crippen molar-refractivity contribution in [3.8, 4) is 0 Å². The topological polar surface area (TPSA) is 80.3 Å². The van der Waals surface area contributed by atoms with E-state index in [1.807, 2.05) is 0 Å². The minimum absolute atomic E-state index is 0.323. The van der Waals surface area contributed by atoms with Crippen LogP contribution in [0.2, 0.25) is 0 Å². The fraction of sp³-hybridized carbons (Fsp3) is 1.00. The van der Waals surface area contributed by atoms with E-state index in [4.69, 9.17) is 0 Å². The van der Waals surface area contributed by atoms with Crippen LogP contribution in [0.3, 0.4) is 0 Å². The summed E-state index contributed by atoms with van der Waals surface area (Å²) < 4.78 is 47.7. The lowest BCUT2D eigenvalue weighted by atomic mass is 10.3. The molecule has 8 heteroatoms. The summed E-state index contributed by atoms with van der Waals surface area (Å²) in [5.74, 6) is -0.672. The summed E-state index contributed by atoms with van der Waals surface area (Å²) in [6.07, 6.45) is 3.88. The number of sulfonamides is 1. The molecule has 5 nitrogen and oxygen atoms in total. The molecule has 98 valence electrons. The molecule has 0 saturated carbocycles. The highest BCUT2D eigenvalue weighted by molar-refractivity contribution is 14.1. The van der Waals surface area contributed by atoms with Crippen molar-refractivity contribution >= 4 is 42.5 Å². The second-order valence-corrected chi connectivity index (χ2v) is 8.86. The van der Waals surface area contributed by atoms with Crippen LogP contribution >= 0.6 is 22.6 Å². The van der Waals surface area contributed by atoms with Crippen molar-refractivity contribution in [3.63, 3.8) is 0 Å². The quantitative estimate of drug-likeness (QED) is 0.358. The summed E-state index contributed by atoms with van der Waals surface area (Å²) in [6.45, 7) is 0.392. The maximum Gasteiger partial charge on any atom is 0.212 e. The van der Waals surface area contributed by atoms with Gasteiger partial charge in [0, 0.05) is 12.8 Å². The van der Waals surface area contributed by atoms with E-state index in [2.05, 4.69) is 27.3 Å². The highest BCUT2D eigenvalue weighted by Crippen LogP contribution is 1.98. The number of unbranched alkanes of at least 4 members (excludes halogenated alkanes) is 2. The normalized spacial score (nSPS) is 12.9. The van der Waals surface area contributed by atoms with E-state index in [1.165, 1.54) is 0 Å². The Morgan fingerprint density at radius 2 is 1.62 bits per heavy atom. The zero-order valence-corrected chi connectivity index (χ0v) is 13.1. The Morgan fingerprint density at radius 1 is 1.00 bits per heavy atom. The van der Waals surface area contributed by atoms with Crippen LogP contribution in [-0.4, -0.2) is 45.6 Å². The third-order valence-electron chi connectivity index (χ3n) is 1.86. The molecule has 0 aromatic carbocycles. The average molecular weight is 383 g/mol. The van der Waals surface area contributed by atoms with Gasteiger partial charge in [-0.1, -0.05) is 29.0 Å². The van der Waals surface area contributed by atoms with Crippen LogP contribution < -0.4 is 4.72 Å². The predicted molar refractivity (Wildman–Crippen MR) is 74.2 cm³/mol. The molecule has 0 fully saturated rings. The van der Waals surface area contributed by atoms with E-state index in [0.717, 1.165) is 29.9 Å². The molecular formula is C8H18INO4S2. The second kappa shape index (κ2) is 7.83. The lowest BCUT2D eigenvalue weighted by Gasteiger charge is -2.05. The van der Waals surface area contributed by atoms with Crippen LogP contribution in [0.1, 0.15) is 19.3 Å². The molecule has 0 aliphatic rings. The second-order valence-electron chi connectivity index (χ2n) is 3.59. The van der Waals surface area contributed by atoms with E-state index < -0.39 is 19.9 Å². The van der Waals surface area contributed by atoms with Crippen LogP contribution in [0.25, 0.3) is 0 Å². The maximum absolute atomic E-state index is 11.3. The fourth-order valence-corrected chi connectivity index (χ4v) is 4.18. The van der Waals surface area contributed by atoms with Crippen molar-refractivity contribution in [2.45, 2.75) is 19.3 Å². The molecule has 0 aliphatic carbocycles. The highest BCUT2D eigenvalue weighted by atomic mass is 127. The number of nitrogens with one attached hydrogen (secondary N) is 1. The summed E-state index contributed by atoms with van der Waals surface area (Å²) in [6, 6.07) is 0. The van der Waals surface area contributed by atoms with Crippen LogP contribution in [-0.2, 0) is 19.9 Å². The van der Waals surface area contributed by atoms with E-state index in [0.29, 0.717) is 6.54 Å². The van der Waals surface area contributed by atoms with Crippen molar-refractivity contribution in [1.29, 1.82) is 0 Å². The van der Waals surface area contributed by atoms with Gasteiger partial charge in [0.2, 0.25) is 10.0 Å². The van der Waals surface area contributed by atoms with Gasteiger partial charge in [-0.3, -0.25) is 0 Å². The third kappa shape index (κ3) is 11.1. The molecule has 0 aliphatic heterocycles. The van der Waals surface area contributed by atoms with Crippen LogP contribution in [0, 0.1) is 0 Å². The molecule has 0 spiro atoms.